The number of carbonyl (C=O) groups is 1. The van der Waals surface area contributed by atoms with Crippen LogP contribution in [0.3, 0.4) is 0 Å². The molecule has 2 aromatic carbocycles. The Morgan fingerprint density at radius 1 is 1.09 bits per heavy atom. The lowest BCUT2D eigenvalue weighted by Gasteiger charge is -2.31. The van der Waals surface area contributed by atoms with E-state index in [0.717, 1.165) is 13.1 Å². The van der Waals surface area contributed by atoms with Crippen molar-refractivity contribution >= 4 is 44.6 Å². The van der Waals surface area contributed by atoms with E-state index in [1.54, 1.807) is 47.7 Å². The first-order chi connectivity index (χ1) is 15.9. The van der Waals surface area contributed by atoms with Gasteiger partial charge in [0.1, 0.15) is 19.1 Å². The first-order valence-corrected chi connectivity index (χ1v) is 13.3. The summed E-state index contributed by atoms with van der Waals surface area (Å²) in [7, 11) is -3.91. The maximum absolute atomic E-state index is 12.9. The van der Waals surface area contributed by atoms with E-state index in [1.807, 2.05) is 11.4 Å². The van der Waals surface area contributed by atoms with Gasteiger partial charge in [-0.05, 0) is 41.8 Å². The van der Waals surface area contributed by atoms with Crippen molar-refractivity contribution in [3.05, 3.63) is 81.5 Å². The predicted octanol–water partition coefficient (Wildman–Crippen LogP) is 2.59. The number of anilines is 1. The monoisotopic (exact) mass is 506 g/mol. The fourth-order valence-corrected chi connectivity index (χ4v) is 6.02. The molecule has 1 amide bonds. The molecule has 0 aliphatic carbocycles. The molecular weight excluding hydrogens is 482 g/mol. The smallest absolute Gasteiger partial charge is 0.261 e. The molecule has 4 rings (SSSR count). The Kier molecular flexibility index (Phi) is 7.67. The highest BCUT2D eigenvalue weighted by atomic mass is 35.5. The average molecular weight is 507 g/mol. The molecule has 0 radical (unpaired) electrons. The van der Waals surface area contributed by atoms with E-state index < -0.39 is 10.0 Å². The minimum atomic E-state index is -3.91. The number of rotatable bonds is 8. The first kappa shape index (κ1) is 23.7. The molecule has 1 aliphatic heterocycles. The van der Waals surface area contributed by atoms with Gasteiger partial charge in [0.15, 0.2) is 0 Å². The van der Waals surface area contributed by atoms with Gasteiger partial charge in [-0.15, -0.1) is 11.3 Å². The summed E-state index contributed by atoms with van der Waals surface area (Å²) in [6.45, 7) is 3.59. The summed E-state index contributed by atoms with van der Waals surface area (Å²) >= 11 is 7.75. The van der Waals surface area contributed by atoms with Crippen LogP contribution >= 0.6 is 22.9 Å². The van der Waals surface area contributed by atoms with Crippen LogP contribution in [-0.4, -0.2) is 47.2 Å². The summed E-state index contributed by atoms with van der Waals surface area (Å²) < 4.78 is 33.6. The number of hydrogen-bond acceptors (Lipinski definition) is 5. The van der Waals surface area contributed by atoms with Crippen LogP contribution in [0.2, 0.25) is 5.02 Å². The van der Waals surface area contributed by atoms with Gasteiger partial charge in [-0.25, -0.2) is 8.42 Å². The maximum Gasteiger partial charge on any atom is 0.261 e. The fourth-order valence-electron chi connectivity index (χ4n) is 3.77. The van der Waals surface area contributed by atoms with Crippen LogP contribution in [-0.2, 0) is 14.8 Å². The second-order valence-corrected chi connectivity index (χ2v) is 10.7. The third kappa shape index (κ3) is 5.93. The number of thiophene rings is 1. The Morgan fingerprint density at radius 2 is 1.88 bits per heavy atom. The van der Waals surface area contributed by atoms with E-state index in [1.165, 1.54) is 21.9 Å². The van der Waals surface area contributed by atoms with Crippen molar-refractivity contribution in [3.63, 3.8) is 0 Å². The third-order valence-electron chi connectivity index (χ3n) is 5.51. The second-order valence-electron chi connectivity index (χ2n) is 7.66. The summed E-state index contributed by atoms with van der Waals surface area (Å²) in [5.41, 5.74) is 0.556. The number of nitrogens with one attached hydrogen (secondary N) is 3. The first-order valence-electron chi connectivity index (χ1n) is 10.6. The minimum Gasteiger partial charge on any atom is -0.370 e. The lowest BCUT2D eigenvalue weighted by Crippen LogP contribution is -3.15. The number of hydrogen-bond donors (Lipinski definition) is 3. The molecule has 3 aromatic rings. The number of amides is 1. The number of morpholine rings is 1. The van der Waals surface area contributed by atoms with Crippen LogP contribution in [0, 0.1) is 0 Å². The summed E-state index contributed by atoms with van der Waals surface area (Å²) in [4.78, 5) is 15.5. The summed E-state index contributed by atoms with van der Waals surface area (Å²) in [6.07, 6.45) is 0. The van der Waals surface area contributed by atoms with Gasteiger partial charge in [-0.2, -0.15) is 0 Å². The fraction of sp³-hybridized carbons (Fsp3) is 0.261. The number of halogens is 1. The van der Waals surface area contributed by atoms with Gasteiger partial charge in [-0.3, -0.25) is 9.52 Å². The molecule has 33 heavy (non-hydrogen) atoms. The zero-order valence-corrected chi connectivity index (χ0v) is 20.2. The number of carbonyl (C=O) groups excluding carboxylic acids is 1. The summed E-state index contributed by atoms with van der Waals surface area (Å²) in [5, 5.41) is 5.32. The lowest BCUT2D eigenvalue weighted by molar-refractivity contribution is -0.937. The van der Waals surface area contributed by atoms with E-state index in [9.17, 15) is 13.2 Å². The number of quaternary nitrogens is 1. The molecule has 3 N–H and O–H groups in total. The lowest BCUT2D eigenvalue weighted by atomic mass is 10.1. The Morgan fingerprint density at radius 3 is 2.61 bits per heavy atom. The molecule has 10 heteroatoms. The quantitative estimate of drug-likeness (QED) is 0.438. The highest BCUT2D eigenvalue weighted by molar-refractivity contribution is 7.92. The van der Waals surface area contributed by atoms with Gasteiger partial charge < -0.3 is 15.0 Å². The van der Waals surface area contributed by atoms with Crippen molar-refractivity contribution in [2.45, 2.75) is 10.9 Å². The molecule has 1 fully saturated rings. The summed E-state index contributed by atoms with van der Waals surface area (Å²) in [5.74, 6) is -0.320. The van der Waals surface area contributed by atoms with Gasteiger partial charge in [0.05, 0.1) is 40.2 Å². The van der Waals surface area contributed by atoms with Crippen molar-refractivity contribution in [2.24, 2.45) is 0 Å². The van der Waals surface area contributed by atoms with E-state index in [2.05, 4.69) is 16.1 Å². The zero-order valence-electron chi connectivity index (χ0n) is 17.8. The van der Waals surface area contributed by atoms with E-state index in [4.69, 9.17) is 16.3 Å². The van der Waals surface area contributed by atoms with Crippen LogP contribution in [0.25, 0.3) is 0 Å². The standard InChI is InChI=1S/C23H24ClN3O4S2/c24-19-7-1-2-8-20(19)26-33(29,30)18-6-3-5-17(15-18)23(28)25-16-21(22-9-4-14-32-22)27-10-12-31-13-11-27/h1-9,14-15,21,26H,10-13,16H2,(H,25,28)/p+1/t21-/m0/s1. The molecule has 2 heterocycles. The second kappa shape index (κ2) is 10.7. The highest BCUT2D eigenvalue weighted by Gasteiger charge is 2.28. The normalized spacial score (nSPS) is 15.7. The van der Waals surface area contributed by atoms with Crippen LogP contribution < -0.4 is 14.9 Å². The molecule has 1 saturated heterocycles. The maximum atomic E-state index is 12.9. The zero-order chi connectivity index (χ0) is 23.3. The van der Waals surface area contributed by atoms with E-state index in [-0.39, 0.29) is 28.1 Å². The van der Waals surface area contributed by atoms with Crippen LogP contribution in [0.4, 0.5) is 5.69 Å². The van der Waals surface area contributed by atoms with Gasteiger partial charge in [0.25, 0.3) is 15.9 Å². The number of para-hydroxylation sites is 1. The van der Waals surface area contributed by atoms with Crippen LogP contribution in [0.1, 0.15) is 21.3 Å². The minimum absolute atomic E-state index is 0.0105. The van der Waals surface area contributed by atoms with E-state index >= 15 is 0 Å². The van der Waals surface area contributed by atoms with Crippen molar-refractivity contribution in [1.82, 2.24) is 5.32 Å². The largest absolute Gasteiger partial charge is 0.370 e. The molecule has 0 spiro atoms. The molecular formula is C23H25ClN3O4S2+. The topological polar surface area (TPSA) is 88.9 Å². The van der Waals surface area contributed by atoms with Crippen molar-refractivity contribution in [1.29, 1.82) is 0 Å². The molecule has 0 saturated carbocycles. The van der Waals surface area contributed by atoms with Gasteiger partial charge in [0.2, 0.25) is 0 Å². The van der Waals surface area contributed by atoms with Crippen LogP contribution in [0.5, 0.6) is 0 Å². The van der Waals surface area contributed by atoms with Gasteiger partial charge in [-0.1, -0.05) is 35.9 Å². The van der Waals surface area contributed by atoms with Gasteiger partial charge >= 0.3 is 0 Å². The molecule has 1 aliphatic rings. The average Bonchev–Trinajstić information content (AvgIpc) is 3.36. The Balaban J connectivity index is 1.47. The SMILES string of the molecule is O=C(NC[C@@H](c1cccs1)[NH+]1CCOCC1)c1cccc(S(=O)(=O)Nc2ccccc2Cl)c1. The molecule has 0 bridgehead atoms. The molecule has 0 unspecified atom stereocenters. The molecule has 174 valence electrons. The molecule has 1 aromatic heterocycles. The number of benzene rings is 2. The Bertz CT molecular complexity index is 1200. The van der Waals surface area contributed by atoms with Crippen LogP contribution in [0.15, 0.2) is 70.9 Å². The van der Waals surface area contributed by atoms with Crippen molar-refractivity contribution < 1.29 is 22.8 Å². The van der Waals surface area contributed by atoms with Gasteiger partial charge in [0, 0.05) is 5.56 Å². The molecule has 1 atom stereocenters. The molecule has 7 nitrogen and oxygen atoms in total. The third-order valence-corrected chi connectivity index (χ3v) is 8.18. The number of ether oxygens (including phenoxy) is 1. The predicted molar refractivity (Wildman–Crippen MR) is 130 cm³/mol. The van der Waals surface area contributed by atoms with Crippen molar-refractivity contribution in [3.8, 4) is 0 Å². The summed E-state index contributed by atoms with van der Waals surface area (Å²) in [6, 6.07) is 16.8. The number of sulfonamides is 1. The Hall–Kier alpha value is -2.43. The van der Waals surface area contributed by atoms with Crippen molar-refractivity contribution in [2.75, 3.05) is 37.6 Å². The van der Waals surface area contributed by atoms with E-state index in [0.29, 0.717) is 24.8 Å². The highest BCUT2D eigenvalue weighted by Crippen LogP contribution is 2.24. The Labute approximate surface area is 202 Å².